The van der Waals surface area contributed by atoms with Crippen molar-refractivity contribution in [1.29, 1.82) is 0 Å². The van der Waals surface area contributed by atoms with E-state index in [2.05, 4.69) is 12.2 Å². The predicted octanol–water partition coefficient (Wildman–Crippen LogP) is 2.99. The van der Waals surface area contributed by atoms with Crippen LogP contribution in [-0.4, -0.2) is 39.0 Å². The summed E-state index contributed by atoms with van der Waals surface area (Å²) in [5.74, 6) is 1.85. The van der Waals surface area contributed by atoms with Gasteiger partial charge < -0.3 is 14.8 Å². The summed E-state index contributed by atoms with van der Waals surface area (Å²) in [6.45, 7) is 7.28. The Bertz CT molecular complexity index is 229. The highest BCUT2D eigenvalue weighted by Gasteiger charge is 2.18. The quantitative estimate of drug-likeness (QED) is 0.687. The molecular weight excluding hydrogens is 238 g/mol. The van der Waals surface area contributed by atoms with Gasteiger partial charge in [0.2, 0.25) is 0 Å². The molecule has 1 aliphatic carbocycles. The highest BCUT2D eigenvalue weighted by molar-refractivity contribution is 4.72. The molecule has 1 saturated carbocycles. The van der Waals surface area contributed by atoms with Crippen LogP contribution in [0.15, 0.2) is 0 Å². The molecule has 0 spiro atoms. The van der Waals surface area contributed by atoms with Gasteiger partial charge in [0.15, 0.2) is 0 Å². The molecule has 1 aliphatic heterocycles. The maximum Gasteiger partial charge on any atom is 0.0809 e. The van der Waals surface area contributed by atoms with E-state index in [0.717, 1.165) is 44.6 Å². The molecule has 3 unspecified atom stereocenters. The van der Waals surface area contributed by atoms with Crippen LogP contribution in [0.1, 0.15) is 51.9 Å². The first-order valence-corrected chi connectivity index (χ1v) is 8.24. The number of ether oxygens (including phenoxy) is 2. The van der Waals surface area contributed by atoms with Gasteiger partial charge in [-0.25, -0.2) is 0 Å². The Labute approximate surface area is 118 Å². The third kappa shape index (κ3) is 6.24. The Hall–Kier alpha value is -0.120. The Morgan fingerprint density at radius 3 is 2.95 bits per heavy atom. The molecule has 0 radical (unpaired) electrons. The lowest BCUT2D eigenvalue weighted by Crippen LogP contribution is -2.28. The van der Waals surface area contributed by atoms with E-state index in [1.807, 2.05) is 0 Å². The summed E-state index contributed by atoms with van der Waals surface area (Å²) in [4.78, 5) is 0. The van der Waals surface area contributed by atoms with Crippen molar-refractivity contribution < 1.29 is 9.47 Å². The molecule has 2 fully saturated rings. The zero-order valence-corrected chi connectivity index (χ0v) is 12.5. The molecule has 19 heavy (non-hydrogen) atoms. The van der Waals surface area contributed by atoms with Crippen molar-refractivity contribution in [2.24, 2.45) is 11.8 Å². The van der Waals surface area contributed by atoms with E-state index in [1.165, 1.54) is 45.1 Å². The van der Waals surface area contributed by atoms with Crippen LogP contribution in [0, 0.1) is 11.8 Å². The van der Waals surface area contributed by atoms with Gasteiger partial charge in [0.25, 0.3) is 0 Å². The van der Waals surface area contributed by atoms with Crippen LogP contribution in [-0.2, 0) is 9.47 Å². The maximum absolute atomic E-state index is 5.66. The molecule has 0 aromatic carbocycles. The van der Waals surface area contributed by atoms with E-state index in [1.54, 1.807) is 0 Å². The molecule has 2 rings (SSSR count). The van der Waals surface area contributed by atoms with Gasteiger partial charge in [0, 0.05) is 13.2 Å². The molecule has 0 bridgehead atoms. The zero-order valence-electron chi connectivity index (χ0n) is 12.5. The molecule has 3 atom stereocenters. The summed E-state index contributed by atoms with van der Waals surface area (Å²) < 4.78 is 11.2. The van der Waals surface area contributed by atoms with Gasteiger partial charge in [-0.1, -0.05) is 19.8 Å². The highest BCUT2D eigenvalue weighted by atomic mass is 16.5. The van der Waals surface area contributed by atoms with Crippen LogP contribution in [0.3, 0.4) is 0 Å². The predicted molar refractivity (Wildman–Crippen MR) is 78.4 cm³/mol. The topological polar surface area (TPSA) is 30.5 Å². The molecule has 2 aliphatic rings. The Kier molecular flexibility index (Phi) is 7.18. The molecule has 0 amide bonds. The average Bonchev–Trinajstić information content (AvgIpc) is 2.91. The molecule has 112 valence electrons. The number of rotatable bonds is 8. The normalized spacial score (nSPS) is 31.7. The van der Waals surface area contributed by atoms with Gasteiger partial charge in [0.1, 0.15) is 0 Å². The van der Waals surface area contributed by atoms with Crippen molar-refractivity contribution in [2.45, 2.75) is 58.0 Å². The summed E-state index contributed by atoms with van der Waals surface area (Å²) in [5, 5.41) is 3.59. The second-order valence-corrected chi connectivity index (χ2v) is 6.41. The molecule has 1 saturated heterocycles. The van der Waals surface area contributed by atoms with Crippen LogP contribution in [0.25, 0.3) is 0 Å². The van der Waals surface area contributed by atoms with Crippen molar-refractivity contribution in [3.8, 4) is 0 Å². The molecule has 3 nitrogen and oxygen atoms in total. The van der Waals surface area contributed by atoms with E-state index in [4.69, 9.17) is 9.47 Å². The second-order valence-electron chi connectivity index (χ2n) is 6.41. The maximum atomic E-state index is 5.66. The minimum atomic E-state index is 0.372. The number of hydrogen-bond donors (Lipinski definition) is 1. The second kappa shape index (κ2) is 8.93. The van der Waals surface area contributed by atoms with Crippen LogP contribution in [0.2, 0.25) is 0 Å². The van der Waals surface area contributed by atoms with Crippen LogP contribution in [0.5, 0.6) is 0 Å². The van der Waals surface area contributed by atoms with Gasteiger partial charge in [-0.15, -0.1) is 0 Å². The first-order chi connectivity index (χ1) is 9.34. The fourth-order valence-electron chi connectivity index (χ4n) is 3.34. The summed E-state index contributed by atoms with van der Waals surface area (Å²) in [6, 6.07) is 0. The lowest BCUT2D eigenvalue weighted by molar-refractivity contribution is 0.0166. The lowest BCUT2D eigenvalue weighted by Gasteiger charge is -2.26. The molecule has 1 N–H and O–H groups in total. The van der Waals surface area contributed by atoms with Gasteiger partial charge in [-0.3, -0.25) is 0 Å². The molecule has 0 aromatic rings. The van der Waals surface area contributed by atoms with E-state index < -0.39 is 0 Å². The SMILES string of the molecule is CC1CCCC(CNCCCOCC2CCCO2)C1. The van der Waals surface area contributed by atoms with E-state index in [-0.39, 0.29) is 0 Å². The van der Waals surface area contributed by atoms with Crippen LogP contribution >= 0.6 is 0 Å². The summed E-state index contributed by atoms with van der Waals surface area (Å²) >= 11 is 0. The Morgan fingerprint density at radius 1 is 1.21 bits per heavy atom. The smallest absolute Gasteiger partial charge is 0.0809 e. The molecule has 0 aromatic heterocycles. The third-order valence-corrected chi connectivity index (χ3v) is 4.45. The molecule has 3 heteroatoms. The fourth-order valence-corrected chi connectivity index (χ4v) is 3.34. The Morgan fingerprint density at radius 2 is 2.16 bits per heavy atom. The first-order valence-electron chi connectivity index (χ1n) is 8.24. The minimum Gasteiger partial charge on any atom is -0.379 e. The van der Waals surface area contributed by atoms with Crippen LogP contribution in [0.4, 0.5) is 0 Å². The summed E-state index contributed by atoms with van der Waals surface area (Å²) in [5.41, 5.74) is 0. The van der Waals surface area contributed by atoms with Gasteiger partial charge >= 0.3 is 0 Å². The van der Waals surface area contributed by atoms with Crippen LogP contribution < -0.4 is 5.32 Å². The van der Waals surface area contributed by atoms with Crippen molar-refractivity contribution in [3.05, 3.63) is 0 Å². The van der Waals surface area contributed by atoms with Gasteiger partial charge in [0.05, 0.1) is 12.7 Å². The number of nitrogens with one attached hydrogen (secondary N) is 1. The fraction of sp³-hybridized carbons (Fsp3) is 1.00. The highest BCUT2D eigenvalue weighted by Crippen LogP contribution is 2.27. The van der Waals surface area contributed by atoms with Crippen molar-refractivity contribution in [3.63, 3.8) is 0 Å². The first kappa shape index (κ1) is 15.3. The molecular formula is C16H31NO2. The van der Waals surface area contributed by atoms with Gasteiger partial charge in [-0.05, 0) is 57.0 Å². The van der Waals surface area contributed by atoms with E-state index in [9.17, 15) is 0 Å². The average molecular weight is 269 g/mol. The van der Waals surface area contributed by atoms with Gasteiger partial charge in [-0.2, -0.15) is 0 Å². The number of hydrogen-bond acceptors (Lipinski definition) is 3. The lowest BCUT2D eigenvalue weighted by atomic mass is 9.82. The molecule has 1 heterocycles. The summed E-state index contributed by atoms with van der Waals surface area (Å²) in [7, 11) is 0. The van der Waals surface area contributed by atoms with Crippen molar-refractivity contribution in [1.82, 2.24) is 5.32 Å². The van der Waals surface area contributed by atoms with E-state index in [0.29, 0.717) is 6.10 Å². The van der Waals surface area contributed by atoms with E-state index >= 15 is 0 Å². The monoisotopic (exact) mass is 269 g/mol. The van der Waals surface area contributed by atoms with Crippen molar-refractivity contribution in [2.75, 3.05) is 32.9 Å². The van der Waals surface area contributed by atoms with Crippen molar-refractivity contribution >= 4 is 0 Å². The zero-order chi connectivity index (χ0) is 13.3. The summed E-state index contributed by atoms with van der Waals surface area (Å²) in [6.07, 6.45) is 9.58. The Balaban J connectivity index is 1.37. The largest absolute Gasteiger partial charge is 0.379 e. The third-order valence-electron chi connectivity index (χ3n) is 4.45. The standard InChI is InChI=1S/C16H31NO2/c1-14-5-2-6-15(11-14)12-17-8-4-9-18-13-16-7-3-10-19-16/h14-17H,2-13H2,1H3. The minimum absolute atomic E-state index is 0.372.